The lowest BCUT2D eigenvalue weighted by Gasteiger charge is -2.31. The zero-order valence-electron chi connectivity index (χ0n) is 14.1. The lowest BCUT2D eigenvalue weighted by atomic mass is 9.82. The monoisotopic (exact) mass is 327 g/mol. The summed E-state index contributed by atoms with van der Waals surface area (Å²) in [6.07, 6.45) is 13.6. The van der Waals surface area contributed by atoms with E-state index in [1.165, 1.54) is 31.2 Å². The quantitative estimate of drug-likeness (QED) is 0.850. The van der Waals surface area contributed by atoms with Crippen molar-refractivity contribution in [3.63, 3.8) is 0 Å². The van der Waals surface area contributed by atoms with Crippen LogP contribution < -0.4 is 11.0 Å². The molecule has 6 nitrogen and oxygen atoms in total. The highest BCUT2D eigenvalue weighted by atomic mass is 16.1. The molecule has 0 amide bonds. The van der Waals surface area contributed by atoms with Crippen LogP contribution in [0, 0.1) is 5.92 Å². The van der Waals surface area contributed by atoms with Gasteiger partial charge in [-0.15, -0.1) is 0 Å². The fourth-order valence-corrected chi connectivity index (χ4v) is 3.41. The minimum absolute atomic E-state index is 0.134. The molecule has 2 N–H and O–H groups in total. The summed E-state index contributed by atoms with van der Waals surface area (Å²) in [5, 5.41) is 10.4. The highest BCUT2D eigenvalue weighted by Gasteiger charge is 2.26. The molecule has 2 aromatic rings. The Morgan fingerprint density at radius 3 is 2.88 bits per heavy atom. The highest BCUT2D eigenvalue weighted by Crippen LogP contribution is 2.26. The molecule has 0 aromatic carbocycles. The van der Waals surface area contributed by atoms with Crippen LogP contribution in [0.15, 0.2) is 35.4 Å². The van der Waals surface area contributed by atoms with Crippen LogP contribution in [0.5, 0.6) is 0 Å². The van der Waals surface area contributed by atoms with Crippen molar-refractivity contribution in [2.75, 3.05) is 6.54 Å². The van der Waals surface area contributed by atoms with E-state index in [1.54, 1.807) is 24.0 Å². The van der Waals surface area contributed by atoms with Gasteiger partial charge in [-0.3, -0.25) is 9.55 Å². The maximum Gasteiger partial charge on any atom is 0.343 e. The Hall–Kier alpha value is -2.21. The number of H-pyrrole nitrogens is 1. The molecule has 1 aliphatic carbocycles. The van der Waals surface area contributed by atoms with Gasteiger partial charge in [0.15, 0.2) is 0 Å². The number of hydrogen-bond donors (Lipinski definition) is 2. The van der Waals surface area contributed by atoms with Gasteiger partial charge in [-0.25, -0.2) is 9.89 Å². The highest BCUT2D eigenvalue weighted by molar-refractivity contribution is 5.47. The number of aromatic amines is 1. The summed E-state index contributed by atoms with van der Waals surface area (Å²) in [7, 11) is 1.78. The van der Waals surface area contributed by atoms with Gasteiger partial charge in [0.25, 0.3) is 0 Å². The zero-order chi connectivity index (χ0) is 16.8. The van der Waals surface area contributed by atoms with Crippen molar-refractivity contribution in [1.29, 1.82) is 0 Å². The van der Waals surface area contributed by atoms with Crippen molar-refractivity contribution < 1.29 is 0 Å². The summed E-state index contributed by atoms with van der Waals surface area (Å²) >= 11 is 0. The van der Waals surface area contributed by atoms with E-state index in [-0.39, 0.29) is 5.69 Å². The largest absolute Gasteiger partial charge is 0.343 e. The number of hydrogen-bond acceptors (Lipinski definition) is 4. The Morgan fingerprint density at radius 2 is 2.12 bits per heavy atom. The minimum atomic E-state index is -0.134. The molecule has 0 radical (unpaired) electrons. The fourth-order valence-electron chi connectivity index (χ4n) is 3.41. The Bertz CT molecular complexity index is 719. The van der Waals surface area contributed by atoms with Crippen LogP contribution in [-0.4, -0.2) is 32.3 Å². The summed E-state index contributed by atoms with van der Waals surface area (Å²) in [6.45, 7) is 0.850. The van der Waals surface area contributed by atoms with Crippen molar-refractivity contribution in [3.05, 3.63) is 52.5 Å². The van der Waals surface area contributed by atoms with Crippen LogP contribution in [0.2, 0.25) is 0 Å². The first-order valence-electron chi connectivity index (χ1n) is 8.64. The summed E-state index contributed by atoms with van der Waals surface area (Å²) in [5.74, 6) is 1.38. The molecule has 0 spiro atoms. The topological polar surface area (TPSA) is 75.6 Å². The van der Waals surface area contributed by atoms with Crippen molar-refractivity contribution in [2.45, 2.75) is 38.1 Å². The number of rotatable bonds is 6. The predicted molar refractivity (Wildman–Crippen MR) is 94.6 cm³/mol. The van der Waals surface area contributed by atoms with Crippen molar-refractivity contribution >= 4 is 6.08 Å². The molecule has 1 saturated carbocycles. The van der Waals surface area contributed by atoms with Gasteiger partial charge in [-0.2, -0.15) is 5.10 Å². The molecular weight excluding hydrogens is 302 g/mol. The van der Waals surface area contributed by atoms with Crippen molar-refractivity contribution in [1.82, 2.24) is 25.1 Å². The van der Waals surface area contributed by atoms with Gasteiger partial charge in [0.1, 0.15) is 5.82 Å². The van der Waals surface area contributed by atoms with E-state index in [0.717, 1.165) is 18.8 Å². The molecule has 0 saturated heterocycles. The number of pyridine rings is 1. The SMILES string of the molecule is Cn1c(C[C@H]2CCCC[C@H]2NCC=Cc2ccncc2)n[nH]c1=O. The number of nitrogens with one attached hydrogen (secondary N) is 2. The fraction of sp³-hybridized carbons (Fsp3) is 0.500. The van der Waals surface area contributed by atoms with Gasteiger partial charge < -0.3 is 5.32 Å². The Morgan fingerprint density at radius 1 is 1.33 bits per heavy atom. The van der Waals surface area contributed by atoms with E-state index < -0.39 is 0 Å². The van der Waals surface area contributed by atoms with E-state index in [1.807, 2.05) is 12.1 Å². The molecule has 1 fully saturated rings. The summed E-state index contributed by atoms with van der Waals surface area (Å²) in [5.41, 5.74) is 1.03. The van der Waals surface area contributed by atoms with Crippen LogP contribution in [0.3, 0.4) is 0 Å². The Kier molecular flexibility index (Phi) is 5.59. The lowest BCUT2D eigenvalue weighted by molar-refractivity contribution is 0.262. The van der Waals surface area contributed by atoms with Crippen LogP contribution in [0.25, 0.3) is 6.08 Å². The maximum absolute atomic E-state index is 11.5. The van der Waals surface area contributed by atoms with E-state index in [4.69, 9.17) is 0 Å². The standard InChI is InChI=1S/C18H25N5O/c1-23-17(21-22-18(23)24)13-15-6-2-3-7-16(15)20-10-4-5-14-8-11-19-12-9-14/h4-5,8-9,11-12,15-16,20H,2-3,6-7,10,13H2,1H3,(H,22,24)/t15-,16-/m1/s1. The number of aromatic nitrogens is 4. The third kappa shape index (κ3) is 4.20. The summed E-state index contributed by atoms with van der Waals surface area (Å²) in [4.78, 5) is 15.5. The van der Waals surface area contributed by atoms with Gasteiger partial charge in [0, 0.05) is 38.4 Å². The second-order valence-electron chi connectivity index (χ2n) is 6.45. The van der Waals surface area contributed by atoms with Crippen LogP contribution >= 0.6 is 0 Å². The third-order valence-corrected chi connectivity index (χ3v) is 4.84. The maximum atomic E-state index is 11.5. The number of nitrogens with zero attached hydrogens (tertiary/aromatic N) is 3. The smallest absolute Gasteiger partial charge is 0.310 e. The molecule has 2 atom stereocenters. The van der Waals surface area contributed by atoms with Gasteiger partial charge in [-0.05, 0) is 36.5 Å². The first kappa shape index (κ1) is 16.6. The average Bonchev–Trinajstić information content (AvgIpc) is 2.93. The van der Waals surface area contributed by atoms with E-state index in [0.29, 0.717) is 12.0 Å². The van der Waals surface area contributed by atoms with E-state index >= 15 is 0 Å². The van der Waals surface area contributed by atoms with Gasteiger partial charge >= 0.3 is 5.69 Å². The Balaban J connectivity index is 1.55. The van der Waals surface area contributed by atoms with Crippen LogP contribution in [0.1, 0.15) is 37.1 Å². The second kappa shape index (κ2) is 8.06. The Labute approximate surface area is 142 Å². The molecular formula is C18H25N5O. The van der Waals surface area contributed by atoms with Crippen molar-refractivity contribution in [3.8, 4) is 0 Å². The summed E-state index contributed by atoms with van der Waals surface area (Å²) < 4.78 is 1.62. The molecule has 0 bridgehead atoms. The molecule has 6 heteroatoms. The first-order valence-corrected chi connectivity index (χ1v) is 8.64. The molecule has 1 aliphatic rings. The van der Waals surface area contributed by atoms with Crippen LogP contribution in [-0.2, 0) is 13.5 Å². The molecule has 24 heavy (non-hydrogen) atoms. The van der Waals surface area contributed by atoms with Crippen molar-refractivity contribution in [2.24, 2.45) is 13.0 Å². The zero-order valence-corrected chi connectivity index (χ0v) is 14.1. The average molecular weight is 327 g/mol. The second-order valence-corrected chi connectivity index (χ2v) is 6.45. The predicted octanol–water partition coefficient (Wildman–Crippen LogP) is 1.91. The molecule has 0 aliphatic heterocycles. The van der Waals surface area contributed by atoms with E-state index in [2.05, 4.69) is 32.7 Å². The van der Waals surface area contributed by atoms with Gasteiger partial charge in [0.2, 0.25) is 0 Å². The lowest BCUT2D eigenvalue weighted by Crippen LogP contribution is -2.40. The van der Waals surface area contributed by atoms with E-state index in [9.17, 15) is 4.79 Å². The third-order valence-electron chi connectivity index (χ3n) is 4.84. The van der Waals surface area contributed by atoms with Gasteiger partial charge in [0.05, 0.1) is 0 Å². The molecule has 128 valence electrons. The first-order chi connectivity index (χ1) is 11.7. The molecule has 0 unspecified atom stereocenters. The molecule has 2 aromatic heterocycles. The molecule has 2 heterocycles. The normalized spacial score (nSPS) is 21.4. The molecule has 3 rings (SSSR count). The van der Waals surface area contributed by atoms with Gasteiger partial charge in [-0.1, -0.05) is 25.0 Å². The summed E-state index contributed by atoms with van der Waals surface area (Å²) in [6, 6.07) is 4.48. The minimum Gasteiger partial charge on any atom is -0.310 e. The van der Waals surface area contributed by atoms with Crippen LogP contribution in [0.4, 0.5) is 0 Å².